The van der Waals surface area contributed by atoms with Crippen LogP contribution in [0.4, 0.5) is 5.82 Å². The largest absolute Gasteiger partial charge is 0.460 e. The minimum Gasteiger partial charge on any atom is -0.460 e. The van der Waals surface area contributed by atoms with Crippen molar-refractivity contribution in [3.05, 3.63) is 17.6 Å². The lowest BCUT2D eigenvalue weighted by Gasteiger charge is -2.33. The average molecular weight is 346 g/mol. The van der Waals surface area contributed by atoms with Crippen molar-refractivity contribution in [3.8, 4) is 0 Å². The fourth-order valence-electron chi connectivity index (χ4n) is 3.51. The molecule has 7 nitrogen and oxygen atoms in total. The van der Waals surface area contributed by atoms with Crippen molar-refractivity contribution in [3.63, 3.8) is 0 Å². The molecule has 1 aromatic heterocycles. The van der Waals surface area contributed by atoms with Gasteiger partial charge in [-0.3, -0.25) is 9.59 Å². The first-order chi connectivity index (χ1) is 12.0. The summed E-state index contributed by atoms with van der Waals surface area (Å²) in [6, 6.07) is 1.97. The highest BCUT2D eigenvalue weighted by Gasteiger charge is 2.25. The standard InChI is InChI=1S/C18H26N4O3/c1-13-11-16(20-14(2)19-13)22-9-3-5-15(12-22)25-18(24)7-10-21-8-4-6-17(21)23/h11,15H,3-10,12H2,1-2H3/t15-/m0/s1. The lowest BCUT2D eigenvalue weighted by molar-refractivity contribution is -0.149. The first-order valence-electron chi connectivity index (χ1n) is 9.06. The van der Waals surface area contributed by atoms with Crippen LogP contribution in [0.2, 0.25) is 0 Å². The number of aryl methyl sites for hydroxylation is 2. The Morgan fingerprint density at radius 2 is 2.12 bits per heavy atom. The molecule has 0 aliphatic carbocycles. The Balaban J connectivity index is 1.51. The minimum atomic E-state index is -0.221. The fourth-order valence-corrected chi connectivity index (χ4v) is 3.51. The van der Waals surface area contributed by atoms with Gasteiger partial charge in [-0.05, 0) is 33.1 Å². The van der Waals surface area contributed by atoms with Gasteiger partial charge in [0.1, 0.15) is 17.7 Å². The quantitative estimate of drug-likeness (QED) is 0.754. The molecule has 0 saturated carbocycles. The van der Waals surface area contributed by atoms with Crippen LogP contribution in [-0.4, -0.2) is 59.0 Å². The molecule has 3 rings (SSSR count). The van der Waals surface area contributed by atoms with Gasteiger partial charge in [0.05, 0.1) is 13.0 Å². The number of likely N-dealkylation sites (tertiary alicyclic amines) is 1. The van der Waals surface area contributed by atoms with Gasteiger partial charge in [-0.2, -0.15) is 0 Å². The van der Waals surface area contributed by atoms with Gasteiger partial charge in [0, 0.05) is 37.8 Å². The van der Waals surface area contributed by atoms with Gasteiger partial charge in [-0.25, -0.2) is 9.97 Å². The number of esters is 1. The molecule has 0 spiro atoms. The molecule has 0 N–H and O–H groups in total. The smallest absolute Gasteiger partial charge is 0.307 e. The highest BCUT2D eigenvalue weighted by Crippen LogP contribution is 2.21. The van der Waals surface area contributed by atoms with Crippen LogP contribution in [-0.2, 0) is 14.3 Å². The van der Waals surface area contributed by atoms with Crippen molar-refractivity contribution < 1.29 is 14.3 Å². The van der Waals surface area contributed by atoms with Gasteiger partial charge >= 0.3 is 5.97 Å². The second-order valence-corrected chi connectivity index (χ2v) is 6.85. The summed E-state index contributed by atoms with van der Waals surface area (Å²) in [5.74, 6) is 1.57. The monoisotopic (exact) mass is 346 g/mol. The second-order valence-electron chi connectivity index (χ2n) is 6.85. The number of ether oxygens (including phenoxy) is 1. The molecule has 136 valence electrons. The third-order valence-electron chi connectivity index (χ3n) is 4.71. The van der Waals surface area contributed by atoms with Crippen molar-refractivity contribution in [2.45, 2.75) is 52.1 Å². The van der Waals surface area contributed by atoms with Gasteiger partial charge in [0.25, 0.3) is 0 Å². The molecule has 2 aliphatic heterocycles. The molecule has 7 heteroatoms. The Kier molecular flexibility index (Phi) is 5.50. The van der Waals surface area contributed by atoms with E-state index in [9.17, 15) is 9.59 Å². The highest BCUT2D eigenvalue weighted by molar-refractivity contribution is 5.79. The number of carbonyl (C=O) groups is 2. The number of nitrogens with zero attached hydrogens (tertiary/aromatic N) is 4. The lowest BCUT2D eigenvalue weighted by atomic mass is 10.1. The van der Waals surface area contributed by atoms with Crippen molar-refractivity contribution in [2.75, 3.05) is 31.1 Å². The molecule has 2 saturated heterocycles. The molecule has 0 unspecified atom stereocenters. The number of aromatic nitrogens is 2. The Morgan fingerprint density at radius 1 is 1.28 bits per heavy atom. The number of anilines is 1. The highest BCUT2D eigenvalue weighted by atomic mass is 16.5. The molecule has 2 aliphatic rings. The van der Waals surface area contributed by atoms with Crippen LogP contribution in [0.25, 0.3) is 0 Å². The van der Waals surface area contributed by atoms with Gasteiger partial charge in [-0.1, -0.05) is 0 Å². The maximum Gasteiger partial charge on any atom is 0.307 e. The zero-order valence-electron chi connectivity index (χ0n) is 15.0. The normalized spacial score (nSPS) is 20.9. The summed E-state index contributed by atoms with van der Waals surface area (Å²) in [6.45, 7) is 6.64. The Labute approximate surface area is 148 Å². The molecule has 3 heterocycles. The van der Waals surface area contributed by atoms with E-state index < -0.39 is 0 Å². The molecular formula is C18H26N4O3. The topological polar surface area (TPSA) is 75.6 Å². The van der Waals surface area contributed by atoms with Crippen LogP contribution in [0.15, 0.2) is 6.07 Å². The van der Waals surface area contributed by atoms with Crippen molar-refractivity contribution in [1.82, 2.24) is 14.9 Å². The number of hydrogen-bond acceptors (Lipinski definition) is 6. The zero-order valence-corrected chi connectivity index (χ0v) is 15.0. The van der Waals surface area contributed by atoms with Gasteiger partial charge in [-0.15, -0.1) is 0 Å². The summed E-state index contributed by atoms with van der Waals surface area (Å²) < 4.78 is 5.64. The summed E-state index contributed by atoms with van der Waals surface area (Å²) >= 11 is 0. The van der Waals surface area contributed by atoms with Crippen LogP contribution < -0.4 is 4.90 Å². The first-order valence-corrected chi connectivity index (χ1v) is 9.06. The minimum absolute atomic E-state index is 0.119. The molecule has 2 fully saturated rings. The van der Waals surface area contributed by atoms with E-state index >= 15 is 0 Å². The van der Waals surface area contributed by atoms with E-state index in [1.54, 1.807) is 4.90 Å². The number of amides is 1. The zero-order chi connectivity index (χ0) is 17.8. The molecule has 25 heavy (non-hydrogen) atoms. The van der Waals surface area contributed by atoms with E-state index in [2.05, 4.69) is 14.9 Å². The number of rotatable bonds is 5. The van der Waals surface area contributed by atoms with E-state index in [4.69, 9.17) is 4.74 Å². The Bertz CT molecular complexity index is 629. The maximum atomic E-state index is 12.1. The second kappa shape index (κ2) is 7.80. The van der Waals surface area contributed by atoms with Crippen LogP contribution in [0, 0.1) is 13.8 Å². The van der Waals surface area contributed by atoms with E-state index in [1.807, 2.05) is 19.9 Å². The van der Waals surface area contributed by atoms with E-state index in [1.165, 1.54) is 0 Å². The van der Waals surface area contributed by atoms with Gasteiger partial charge < -0.3 is 14.5 Å². The van der Waals surface area contributed by atoms with Crippen LogP contribution in [0.1, 0.15) is 43.6 Å². The number of piperidine rings is 1. The molecule has 0 aromatic carbocycles. The predicted octanol–water partition coefficient (Wildman–Crippen LogP) is 1.62. The summed E-state index contributed by atoms with van der Waals surface area (Å²) in [5, 5.41) is 0. The predicted molar refractivity (Wildman–Crippen MR) is 93.3 cm³/mol. The van der Waals surface area contributed by atoms with Crippen LogP contribution in [0.3, 0.4) is 0 Å². The SMILES string of the molecule is Cc1cc(N2CCC[C@H](OC(=O)CCN3CCCC3=O)C2)nc(C)n1. The van der Waals surface area contributed by atoms with Crippen molar-refractivity contribution in [2.24, 2.45) is 0 Å². The van der Waals surface area contributed by atoms with Crippen molar-refractivity contribution in [1.29, 1.82) is 0 Å². The maximum absolute atomic E-state index is 12.1. The summed E-state index contributed by atoms with van der Waals surface area (Å²) in [6.07, 6.45) is 3.48. The van der Waals surface area contributed by atoms with Crippen LogP contribution >= 0.6 is 0 Å². The molecule has 0 radical (unpaired) electrons. The average Bonchev–Trinajstić information content (AvgIpc) is 2.97. The van der Waals surface area contributed by atoms with Crippen LogP contribution in [0.5, 0.6) is 0 Å². The van der Waals surface area contributed by atoms with E-state index in [-0.39, 0.29) is 24.4 Å². The molecule has 1 aromatic rings. The third-order valence-corrected chi connectivity index (χ3v) is 4.71. The summed E-state index contributed by atoms with van der Waals surface area (Å²) in [4.78, 5) is 36.4. The van der Waals surface area contributed by atoms with E-state index in [0.29, 0.717) is 19.5 Å². The molecule has 1 atom stereocenters. The van der Waals surface area contributed by atoms with Crippen molar-refractivity contribution >= 4 is 17.7 Å². The Morgan fingerprint density at radius 3 is 2.84 bits per heavy atom. The first kappa shape index (κ1) is 17.6. The molecule has 1 amide bonds. The fraction of sp³-hybridized carbons (Fsp3) is 0.667. The lowest BCUT2D eigenvalue weighted by Crippen LogP contribution is -2.41. The number of carbonyl (C=O) groups excluding carboxylic acids is 2. The molecular weight excluding hydrogens is 320 g/mol. The van der Waals surface area contributed by atoms with Gasteiger partial charge in [0.15, 0.2) is 0 Å². The van der Waals surface area contributed by atoms with E-state index in [0.717, 1.165) is 49.7 Å². The number of hydrogen-bond donors (Lipinski definition) is 0. The third kappa shape index (κ3) is 4.67. The summed E-state index contributed by atoms with van der Waals surface area (Å²) in [7, 11) is 0. The molecule has 0 bridgehead atoms. The Hall–Kier alpha value is -2.18. The van der Waals surface area contributed by atoms with Gasteiger partial charge in [0.2, 0.25) is 5.91 Å². The summed E-state index contributed by atoms with van der Waals surface area (Å²) in [5.41, 5.74) is 0.942.